The van der Waals surface area contributed by atoms with Gasteiger partial charge in [0.1, 0.15) is 24.5 Å². The molecule has 282 valence electrons. The molecule has 0 aliphatic rings. The number of Topliss-reactive ketones (excluding diaryl/α,β-unsaturated/α-hetero) is 2. The predicted molar refractivity (Wildman–Crippen MR) is 197 cm³/mol. The smallest absolute Gasteiger partial charge is 0.243 e. The quantitative estimate of drug-likeness (QED) is 0.0114. The normalized spacial score (nSPS) is 13.1. The highest BCUT2D eigenvalue weighted by Gasteiger charge is 2.33. The Morgan fingerprint density at radius 2 is 1.24 bits per heavy atom. The van der Waals surface area contributed by atoms with Gasteiger partial charge < -0.3 is 45.0 Å². The van der Waals surface area contributed by atoms with Crippen LogP contribution in [-0.2, 0) is 32.1 Å². The van der Waals surface area contributed by atoms with E-state index >= 15 is 0 Å². The van der Waals surface area contributed by atoms with Crippen molar-refractivity contribution in [1.29, 1.82) is 5.41 Å². The largest absolute Gasteiger partial charge is 0.384 e. The number of nitrogens with one attached hydrogen (secondary N) is 7. The lowest BCUT2D eigenvalue weighted by Gasteiger charge is -2.25. The average molecular weight is 712 g/mol. The molecule has 0 fully saturated rings. The number of unbranched alkanes of at least 4 members (excludes halogenated alkanes) is 1. The van der Waals surface area contributed by atoms with Gasteiger partial charge in [0.2, 0.25) is 23.4 Å². The highest BCUT2D eigenvalue weighted by atomic mass is 16.2. The number of carbonyl (C=O) groups excluding carboxylic acids is 4. The zero-order valence-electron chi connectivity index (χ0n) is 29.2. The van der Waals surface area contributed by atoms with E-state index in [4.69, 9.17) is 39.8 Å². The number of ketones is 2. The Morgan fingerprint density at radius 3 is 1.80 bits per heavy atom. The van der Waals surface area contributed by atoms with Crippen molar-refractivity contribution in [3.8, 4) is 0 Å². The Balaban J connectivity index is 2.20. The van der Waals surface area contributed by atoms with Crippen LogP contribution >= 0.6 is 0 Å². The zero-order chi connectivity index (χ0) is 37.6. The zero-order valence-corrected chi connectivity index (χ0v) is 29.2. The van der Waals surface area contributed by atoms with Crippen molar-refractivity contribution < 1.29 is 19.2 Å². The summed E-state index contributed by atoms with van der Waals surface area (Å²) in [6, 6.07) is 13.0. The summed E-state index contributed by atoms with van der Waals surface area (Å²) >= 11 is 0. The minimum atomic E-state index is -1.15. The van der Waals surface area contributed by atoms with Crippen molar-refractivity contribution in [3.05, 3.63) is 71.3 Å². The molecule has 17 heteroatoms. The molecule has 0 aliphatic heterocycles. The van der Waals surface area contributed by atoms with Gasteiger partial charge in [0, 0.05) is 12.1 Å². The molecular formula is C34H57N13O4. The maximum Gasteiger partial charge on any atom is 0.243 e. The molecule has 2 aromatic rings. The Labute approximate surface area is 299 Å². The highest BCUT2D eigenvalue weighted by molar-refractivity contribution is 6.41. The number of hydrogen-bond acceptors (Lipinski definition) is 14. The van der Waals surface area contributed by atoms with E-state index in [0.717, 1.165) is 11.1 Å². The molecule has 0 radical (unpaired) electrons. The van der Waals surface area contributed by atoms with Crippen LogP contribution in [0.25, 0.3) is 0 Å². The first kappa shape index (κ1) is 43.0. The molecule has 51 heavy (non-hydrogen) atoms. The molecule has 0 saturated carbocycles. The molecule has 2 rings (SSSR count). The molecule has 0 bridgehead atoms. The number of benzene rings is 2. The van der Waals surface area contributed by atoms with Crippen LogP contribution in [0.3, 0.4) is 0 Å². The molecule has 0 aromatic heterocycles. The lowest BCUT2D eigenvalue weighted by Crippen LogP contribution is -2.56. The summed E-state index contributed by atoms with van der Waals surface area (Å²) in [5.74, 6) is -2.52. The van der Waals surface area contributed by atoms with Crippen molar-refractivity contribution in [2.75, 3.05) is 19.6 Å². The molecule has 2 aromatic carbocycles. The van der Waals surface area contributed by atoms with Crippen molar-refractivity contribution in [2.45, 2.75) is 88.6 Å². The van der Waals surface area contributed by atoms with E-state index in [1.165, 1.54) is 0 Å². The van der Waals surface area contributed by atoms with Gasteiger partial charge in [-0.05, 0) is 75.7 Å². The van der Waals surface area contributed by atoms with Gasteiger partial charge in [-0.15, -0.1) is 0 Å². The Hall–Kier alpha value is -4.17. The second-order valence-corrected chi connectivity index (χ2v) is 12.3. The SMILES string of the molecule is N=C(N)c1ccc(CNN[C@@H](CCCNC(N)N)C(=O)C(=O)[C@H](CCCCN)NC(=O)[C@H](CCCNC(N)N)NC(=O)Cc2ccccc2)cc1. The molecule has 2 amide bonds. The number of amidine groups is 1. The number of rotatable bonds is 27. The van der Waals surface area contributed by atoms with Gasteiger partial charge in [0.05, 0.1) is 18.5 Å². The number of hydrogen-bond donors (Lipinski definition) is 13. The van der Waals surface area contributed by atoms with Crippen LogP contribution in [0, 0.1) is 5.41 Å². The van der Waals surface area contributed by atoms with Gasteiger partial charge in [-0.25, -0.2) is 5.43 Å². The predicted octanol–water partition coefficient (Wildman–Crippen LogP) is -2.45. The van der Waals surface area contributed by atoms with E-state index in [-0.39, 0.29) is 37.4 Å². The van der Waals surface area contributed by atoms with Crippen LogP contribution in [0.4, 0.5) is 0 Å². The summed E-state index contributed by atoms with van der Waals surface area (Å²) in [5, 5.41) is 18.9. The molecule has 0 spiro atoms. The second-order valence-electron chi connectivity index (χ2n) is 12.3. The Kier molecular flexibility index (Phi) is 20.3. The third kappa shape index (κ3) is 17.5. The summed E-state index contributed by atoms with van der Waals surface area (Å²) in [6.45, 7) is 1.45. The Bertz CT molecular complexity index is 1360. The van der Waals surface area contributed by atoms with Crippen LogP contribution in [0.5, 0.6) is 0 Å². The van der Waals surface area contributed by atoms with Gasteiger partial charge in [-0.2, -0.15) is 0 Å². The van der Waals surface area contributed by atoms with Crippen LogP contribution in [0.15, 0.2) is 54.6 Å². The van der Waals surface area contributed by atoms with Gasteiger partial charge in [-0.1, -0.05) is 54.6 Å². The van der Waals surface area contributed by atoms with Gasteiger partial charge in [0.15, 0.2) is 0 Å². The van der Waals surface area contributed by atoms with E-state index in [2.05, 4.69) is 32.1 Å². The van der Waals surface area contributed by atoms with Gasteiger partial charge in [0.25, 0.3) is 0 Å². The molecule has 19 N–H and O–H groups in total. The van der Waals surface area contributed by atoms with E-state index < -0.39 is 48.2 Å². The topological polar surface area (TPSA) is 320 Å². The fourth-order valence-corrected chi connectivity index (χ4v) is 5.17. The third-order valence-corrected chi connectivity index (χ3v) is 7.93. The number of amides is 2. The third-order valence-electron chi connectivity index (χ3n) is 7.93. The van der Waals surface area contributed by atoms with Crippen LogP contribution in [0.2, 0.25) is 0 Å². The van der Waals surface area contributed by atoms with Crippen molar-refractivity contribution >= 4 is 29.2 Å². The van der Waals surface area contributed by atoms with E-state index in [1.807, 2.05) is 30.3 Å². The first-order valence-electron chi connectivity index (χ1n) is 17.2. The number of carbonyl (C=O) groups is 4. The molecule has 0 aliphatic carbocycles. The summed E-state index contributed by atoms with van der Waals surface area (Å²) in [4.78, 5) is 54.3. The number of nitrogens with two attached hydrogens (primary N) is 6. The maximum absolute atomic E-state index is 13.8. The molecule has 0 unspecified atom stereocenters. The molecule has 0 saturated heterocycles. The lowest BCUT2D eigenvalue weighted by molar-refractivity contribution is -0.140. The van der Waals surface area contributed by atoms with Crippen molar-refractivity contribution in [3.63, 3.8) is 0 Å². The van der Waals surface area contributed by atoms with Crippen molar-refractivity contribution in [1.82, 2.24) is 32.1 Å². The first-order chi connectivity index (χ1) is 24.4. The minimum Gasteiger partial charge on any atom is -0.384 e. The summed E-state index contributed by atoms with van der Waals surface area (Å²) < 4.78 is 0. The number of hydrazine groups is 1. The second kappa shape index (κ2) is 24.1. The molecule has 0 heterocycles. The number of nitrogen functional groups attached to an aromatic ring is 1. The Morgan fingerprint density at radius 1 is 0.667 bits per heavy atom. The van der Waals surface area contributed by atoms with Gasteiger partial charge in [-0.3, -0.25) is 40.6 Å². The monoisotopic (exact) mass is 711 g/mol. The fraction of sp³-hybridized carbons (Fsp3) is 0.500. The maximum atomic E-state index is 13.8. The fourth-order valence-electron chi connectivity index (χ4n) is 5.17. The van der Waals surface area contributed by atoms with Crippen LogP contribution in [0.1, 0.15) is 61.6 Å². The minimum absolute atomic E-state index is 0.0510. The summed E-state index contributed by atoms with van der Waals surface area (Å²) in [5.41, 5.74) is 41.7. The summed E-state index contributed by atoms with van der Waals surface area (Å²) in [7, 11) is 0. The summed E-state index contributed by atoms with van der Waals surface area (Å²) in [6.07, 6.45) is 1.17. The van der Waals surface area contributed by atoms with Crippen LogP contribution in [-0.4, -0.2) is 79.6 Å². The first-order valence-corrected chi connectivity index (χ1v) is 17.2. The van der Waals surface area contributed by atoms with E-state index in [1.54, 1.807) is 24.3 Å². The lowest BCUT2D eigenvalue weighted by atomic mass is 9.95. The molecule has 17 nitrogen and oxygen atoms in total. The van der Waals surface area contributed by atoms with E-state index in [0.29, 0.717) is 57.4 Å². The van der Waals surface area contributed by atoms with Crippen molar-refractivity contribution in [2.24, 2.45) is 34.4 Å². The standard InChI is InChI=1S/C34H57N13O4/c35-17-5-4-10-25(46-32(51)27(12-7-19-43-34(40)41)45-28(48)20-22-8-2-1-3-9-22)29(49)30(50)26(11-6-18-42-33(38)39)47-44-21-23-13-15-24(16-14-23)31(36)37/h1-3,8-9,13-16,25-27,33-34,42-44,47H,4-7,10-12,17-21,35,38-41H2,(H3,36,37)(H,45,48)(H,46,51)/t25-,26-,27-/m0/s1. The molecule has 3 atom stereocenters. The van der Waals surface area contributed by atoms with Crippen LogP contribution < -0.4 is 66.5 Å². The molecular weight excluding hydrogens is 654 g/mol. The average Bonchev–Trinajstić information content (AvgIpc) is 3.10. The van der Waals surface area contributed by atoms with E-state index in [9.17, 15) is 19.2 Å². The van der Waals surface area contributed by atoms with Gasteiger partial charge >= 0.3 is 0 Å². The highest BCUT2D eigenvalue weighted by Crippen LogP contribution is 2.10.